The average molecular weight is 199 g/mol. The van der Waals surface area contributed by atoms with Crippen LogP contribution in [0.15, 0.2) is 0 Å². The minimum absolute atomic E-state index is 0.0859. The second kappa shape index (κ2) is 5.72. The van der Waals surface area contributed by atoms with E-state index in [0.29, 0.717) is 6.10 Å². The monoisotopic (exact) mass is 199 g/mol. The van der Waals surface area contributed by atoms with E-state index in [1.165, 1.54) is 32.1 Å². The van der Waals surface area contributed by atoms with Crippen molar-refractivity contribution in [1.82, 2.24) is 0 Å². The molecule has 0 amide bonds. The van der Waals surface area contributed by atoms with Crippen molar-refractivity contribution in [3.8, 4) is 0 Å². The average Bonchev–Trinajstić information content (AvgIpc) is 2.27. The summed E-state index contributed by atoms with van der Waals surface area (Å²) in [5.41, 5.74) is 6.10. The Morgan fingerprint density at radius 1 is 1.14 bits per heavy atom. The van der Waals surface area contributed by atoms with E-state index >= 15 is 0 Å². The number of ether oxygens (including phenoxy) is 1. The number of rotatable bonds is 5. The molecule has 0 aliphatic heterocycles. The van der Waals surface area contributed by atoms with E-state index in [1.807, 2.05) is 0 Å². The molecule has 0 atom stereocenters. The molecule has 84 valence electrons. The Labute approximate surface area is 88.2 Å². The molecule has 0 unspecified atom stereocenters. The highest BCUT2D eigenvalue weighted by Crippen LogP contribution is 2.22. The van der Waals surface area contributed by atoms with Crippen LogP contribution in [0.5, 0.6) is 0 Å². The number of nitrogens with two attached hydrogens (primary N) is 1. The largest absolute Gasteiger partial charge is 0.376 e. The first-order valence-corrected chi connectivity index (χ1v) is 6.10. The van der Waals surface area contributed by atoms with Crippen molar-refractivity contribution in [2.45, 2.75) is 70.4 Å². The van der Waals surface area contributed by atoms with E-state index in [9.17, 15) is 0 Å². The Kier molecular flexibility index (Phi) is 4.90. The third-order valence-corrected chi connectivity index (χ3v) is 3.57. The van der Waals surface area contributed by atoms with Crippen molar-refractivity contribution in [2.24, 2.45) is 5.73 Å². The lowest BCUT2D eigenvalue weighted by molar-refractivity contribution is -0.00201. The minimum Gasteiger partial charge on any atom is -0.376 e. The third kappa shape index (κ3) is 3.58. The molecule has 0 bridgehead atoms. The minimum atomic E-state index is -0.0859. The second-order valence-electron chi connectivity index (χ2n) is 4.64. The van der Waals surface area contributed by atoms with Gasteiger partial charge in [0.1, 0.15) is 0 Å². The van der Waals surface area contributed by atoms with Gasteiger partial charge in [0, 0.05) is 5.54 Å². The van der Waals surface area contributed by atoms with Gasteiger partial charge in [-0.25, -0.2) is 0 Å². The maximum atomic E-state index is 6.19. The summed E-state index contributed by atoms with van der Waals surface area (Å²) in [7, 11) is 0. The van der Waals surface area contributed by atoms with E-state index in [2.05, 4.69) is 13.8 Å². The lowest BCUT2D eigenvalue weighted by atomic mass is 9.94. The van der Waals surface area contributed by atoms with Gasteiger partial charge in [-0.2, -0.15) is 0 Å². The van der Waals surface area contributed by atoms with Crippen LogP contribution < -0.4 is 5.73 Å². The van der Waals surface area contributed by atoms with Crippen LogP contribution in [-0.4, -0.2) is 18.2 Å². The van der Waals surface area contributed by atoms with Gasteiger partial charge in [0.15, 0.2) is 0 Å². The standard InChI is InChI=1S/C12H25NO/c1-3-12(13,4-2)10-14-11-8-6-5-7-9-11/h11H,3-10,13H2,1-2H3. The van der Waals surface area contributed by atoms with Crippen LogP contribution >= 0.6 is 0 Å². The number of hydrogen-bond donors (Lipinski definition) is 1. The smallest absolute Gasteiger partial charge is 0.0649 e. The molecule has 2 nitrogen and oxygen atoms in total. The Morgan fingerprint density at radius 3 is 2.21 bits per heavy atom. The molecule has 0 spiro atoms. The van der Waals surface area contributed by atoms with E-state index in [0.717, 1.165) is 19.4 Å². The van der Waals surface area contributed by atoms with Crippen molar-refractivity contribution >= 4 is 0 Å². The Morgan fingerprint density at radius 2 is 1.71 bits per heavy atom. The van der Waals surface area contributed by atoms with Gasteiger partial charge in [-0.3, -0.25) is 0 Å². The zero-order valence-corrected chi connectivity index (χ0v) is 9.72. The molecule has 1 fully saturated rings. The summed E-state index contributed by atoms with van der Waals surface area (Å²) in [6.07, 6.45) is 9.04. The van der Waals surface area contributed by atoms with Crippen molar-refractivity contribution in [1.29, 1.82) is 0 Å². The summed E-state index contributed by atoms with van der Waals surface area (Å²) in [4.78, 5) is 0. The molecule has 0 aromatic carbocycles. The second-order valence-corrected chi connectivity index (χ2v) is 4.64. The molecule has 0 radical (unpaired) electrons. The van der Waals surface area contributed by atoms with Gasteiger partial charge in [-0.1, -0.05) is 33.1 Å². The van der Waals surface area contributed by atoms with Crippen molar-refractivity contribution in [3.63, 3.8) is 0 Å². The van der Waals surface area contributed by atoms with Crippen molar-refractivity contribution in [3.05, 3.63) is 0 Å². The number of hydrogen-bond acceptors (Lipinski definition) is 2. The molecule has 0 heterocycles. The van der Waals surface area contributed by atoms with E-state index in [-0.39, 0.29) is 5.54 Å². The zero-order valence-electron chi connectivity index (χ0n) is 9.72. The van der Waals surface area contributed by atoms with Crippen LogP contribution in [0.2, 0.25) is 0 Å². The van der Waals surface area contributed by atoms with E-state index in [1.54, 1.807) is 0 Å². The highest BCUT2D eigenvalue weighted by molar-refractivity contribution is 4.81. The maximum absolute atomic E-state index is 6.19. The molecule has 2 N–H and O–H groups in total. The van der Waals surface area contributed by atoms with Crippen LogP contribution in [0.1, 0.15) is 58.8 Å². The molecule has 1 rings (SSSR count). The van der Waals surface area contributed by atoms with Gasteiger partial charge >= 0.3 is 0 Å². The van der Waals surface area contributed by atoms with Crippen LogP contribution in [-0.2, 0) is 4.74 Å². The van der Waals surface area contributed by atoms with Crippen LogP contribution in [0, 0.1) is 0 Å². The van der Waals surface area contributed by atoms with E-state index < -0.39 is 0 Å². The Bertz CT molecular complexity index is 148. The predicted molar refractivity (Wildman–Crippen MR) is 60.3 cm³/mol. The van der Waals surface area contributed by atoms with Gasteiger partial charge in [-0.05, 0) is 25.7 Å². The van der Waals surface area contributed by atoms with Crippen molar-refractivity contribution < 1.29 is 4.74 Å². The highest BCUT2D eigenvalue weighted by atomic mass is 16.5. The molecule has 0 saturated heterocycles. The Balaban J connectivity index is 2.23. The van der Waals surface area contributed by atoms with Gasteiger partial charge in [0.05, 0.1) is 12.7 Å². The molecule has 1 aliphatic carbocycles. The summed E-state index contributed by atoms with van der Waals surface area (Å²) < 4.78 is 5.90. The molecule has 1 saturated carbocycles. The quantitative estimate of drug-likeness (QED) is 0.739. The summed E-state index contributed by atoms with van der Waals surface area (Å²) >= 11 is 0. The fourth-order valence-corrected chi connectivity index (χ4v) is 1.97. The normalized spacial score (nSPS) is 19.9. The fraction of sp³-hybridized carbons (Fsp3) is 1.00. The molecule has 0 aromatic heterocycles. The predicted octanol–water partition coefficient (Wildman–Crippen LogP) is 2.85. The Hall–Kier alpha value is -0.0800. The summed E-state index contributed by atoms with van der Waals surface area (Å²) in [5, 5.41) is 0. The first kappa shape index (κ1) is 12.0. The molecule has 1 aliphatic rings. The first-order chi connectivity index (χ1) is 6.70. The lowest BCUT2D eigenvalue weighted by Gasteiger charge is -2.30. The molecular formula is C12H25NO. The maximum Gasteiger partial charge on any atom is 0.0649 e. The molecular weight excluding hydrogens is 174 g/mol. The molecule has 0 aromatic rings. The lowest BCUT2D eigenvalue weighted by Crippen LogP contribution is -2.44. The van der Waals surface area contributed by atoms with Gasteiger partial charge in [0.25, 0.3) is 0 Å². The van der Waals surface area contributed by atoms with Gasteiger partial charge in [0.2, 0.25) is 0 Å². The van der Waals surface area contributed by atoms with Gasteiger partial charge in [-0.15, -0.1) is 0 Å². The fourth-order valence-electron chi connectivity index (χ4n) is 1.97. The summed E-state index contributed by atoms with van der Waals surface area (Å²) in [5.74, 6) is 0. The molecule has 14 heavy (non-hydrogen) atoms. The van der Waals surface area contributed by atoms with Crippen molar-refractivity contribution in [2.75, 3.05) is 6.61 Å². The third-order valence-electron chi connectivity index (χ3n) is 3.57. The van der Waals surface area contributed by atoms with Gasteiger partial charge < -0.3 is 10.5 Å². The summed E-state index contributed by atoms with van der Waals surface area (Å²) in [6, 6.07) is 0. The topological polar surface area (TPSA) is 35.2 Å². The van der Waals surface area contributed by atoms with Crippen LogP contribution in [0.4, 0.5) is 0 Å². The van der Waals surface area contributed by atoms with E-state index in [4.69, 9.17) is 10.5 Å². The SMILES string of the molecule is CCC(N)(CC)COC1CCCCC1. The first-order valence-electron chi connectivity index (χ1n) is 6.10. The highest BCUT2D eigenvalue weighted by Gasteiger charge is 2.23. The molecule has 2 heteroatoms. The summed E-state index contributed by atoms with van der Waals surface area (Å²) in [6.45, 7) is 5.03. The van der Waals surface area contributed by atoms with Crippen LogP contribution in [0.3, 0.4) is 0 Å². The zero-order chi connectivity index (χ0) is 10.4. The van der Waals surface area contributed by atoms with Crippen LogP contribution in [0.25, 0.3) is 0 Å².